The second kappa shape index (κ2) is 10.7. The van der Waals surface area contributed by atoms with Crippen molar-refractivity contribution >= 4 is 27.5 Å². The molecule has 0 fully saturated rings. The SMILES string of the molecule is CCc1ccc(C(=O)C(C)OC(=O)c2ccc(C)c(S(=O)(=O)N(CC)c3ccccc3)c2)cc1. The first-order valence-corrected chi connectivity index (χ1v) is 12.7. The van der Waals surface area contributed by atoms with Crippen molar-refractivity contribution in [3.63, 3.8) is 0 Å². The van der Waals surface area contributed by atoms with E-state index in [-0.39, 0.29) is 22.8 Å². The van der Waals surface area contributed by atoms with Crippen LogP contribution in [0.2, 0.25) is 0 Å². The number of esters is 1. The zero-order chi connectivity index (χ0) is 24.9. The molecule has 178 valence electrons. The van der Waals surface area contributed by atoms with Crippen LogP contribution in [0.5, 0.6) is 0 Å². The second-order valence-corrected chi connectivity index (χ2v) is 9.78. The van der Waals surface area contributed by atoms with Gasteiger partial charge in [0.25, 0.3) is 10.0 Å². The molecule has 0 aromatic heterocycles. The standard InChI is InChI=1S/C27H29NO5S/c1-5-21-13-16-22(17-14-21)26(29)20(4)33-27(30)23-15-12-19(3)25(18-23)34(31,32)28(6-2)24-10-8-7-9-11-24/h7-18,20H,5-6H2,1-4H3. The van der Waals surface area contributed by atoms with Gasteiger partial charge in [-0.1, -0.05) is 55.5 Å². The summed E-state index contributed by atoms with van der Waals surface area (Å²) in [4.78, 5) is 25.5. The summed E-state index contributed by atoms with van der Waals surface area (Å²) in [6.07, 6.45) is -0.157. The molecule has 3 aromatic carbocycles. The molecule has 0 N–H and O–H groups in total. The number of anilines is 1. The zero-order valence-corrected chi connectivity index (χ0v) is 20.6. The van der Waals surface area contributed by atoms with E-state index < -0.39 is 22.1 Å². The summed E-state index contributed by atoms with van der Waals surface area (Å²) in [6, 6.07) is 20.3. The smallest absolute Gasteiger partial charge is 0.338 e. The lowest BCUT2D eigenvalue weighted by Crippen LogP contribution is -2.31. The van der Waals surface area contributed by atoms with E-state index in [9.17, 15) is 18.0 Å². The van der Waals surface area contributed by atoms with Crippen molar-refractivity contribution in [2.45, 2.75) is 45.1 Å². The molecule has 3 aromatic rings. The lowest BCUT2D eigenvalue weighted by Gasteiger charge is -2.24. The zero-order valence-electron chi connectivity index (χ0n) is 19.8. The number of carbonyl (C=O) groups excluding carboxylic acids is 2. The van der Waals surface area contributed by atoms with Gasteiger partial charge >= 0.3 is 5.97 Å². The summed E-state index contributed by atoms with van der Waals surface area (Å²) >= 11 is 0. The maximum Gasteiger partial charge on any atom is 0.338 e. The number of ether oxygens (including phenoxy) is 1. The molecule has 7 heteroatoms. The minimum absolute atomic E-state index is 0.0155. The van der Waals surface area contributed by atoms with Crippen LogP contribution in [0.1, 0.15) is 52.6 Å². The number of para-hydroxylation sites is 1. The highest BCUT2D eigenvalue weighted by Gasteiger charge is 2.27. The molecule has 0 radical (unpaired) electrons. The number of benzene rings is 3. The van der Waals surface area contributed by atoms with Gasteiger partial charge in [-0.3, -0.25) is 9.10 Å². The van der Waals surface area contributed by atoms with Crippen molar-refractivity contribution < 1.29 is 22.7 Å². The Balaban J connectivity index is 1.84. The molecule has 0 spiro atoms. The first-order chi connectivity index (χ1) is 16.2. The van der Waals surface area contributed by atoms with Gasteiger partial charge in [-0.05, 0) is 62.6 Å². The summed E-state index contributed by atoms with van der Waals surface area (Å²) < 4.78 is 33.6. The van der Waals surface area contributed by atoms with E-state index >= 15 is 0 Å². The van der Waals surface area contributed by atoms with Crippen LogP contribution in [0.4, 0.5) is 5.69 Å². The Bertz CT molecular complexity index is 1270. The lowest BCUT2D eigenvalue weighted by molar-refractivity contribution is 0.0318. The molecule has 3 rings (SSSR count). The van der Waals surface area contributed by atoms with E-state index in [0.717, 1.165) is 12.0 Å². The van der Waals surface area contributed by atoms with Crippen molar-refractivity contribution in [1.82, 2.24) is 0 Å². The van der Waals surface area contributed by atoms with Crippen molar-refractivity contribution in [2.75, 3.05) is 10.8 Å². The number of rotatable bonds is 9. The predicted octanol–water partition coefficient (Wildman–Crippen LogP) is 5.20. The monoisotopic (exact) mass is 479 g/mol. The molecule has 34 heavy (non-hydrogen) atoms. The first-order valence-electron chi connectivity index (χ1n) is 11.2. The Morgan fingerprint density at radius 1 is 0.912 bits per heavy atom. The maximum atomic E-state index is 13.4. The Hall–Kier alpha value is -3.45. The number of ketones is 1. The average Bonchev–Trinajstić information content (AvgIpc) is 2.84. The number of Topliss-reactive ketones (excluding diaryl/α,β-unsaturated/α-hetero) is 1. The van der Waals surface area contributed by atoms with Crippen molar-refractivity contribution in [3.05, 3.63) is 95.1 Å². The third-order valence-corrected chi connectivity index (χ3v) is 7.67. The molecule has 6 nitrogen and oxygen atoms in total. The van der Waals surface area contributed by atoms with Gasteiger partial charge in [0.1, 0.15) is 0 Å². The van der Waals surface area contributed by atoms with E-state index in [1.54, 1.807) is 56.3 Å². The largest absolute Gasteiger partial charge is 0.451 e. The molecule has 0 aliphatic heterocycles. The number of nitrogens with zero attached hydrogens (tertiary/aromatic N) is 1. The topological polar surface area (TPSA) is 80.8 Å². The number of hydrogen-bond donors (Lipinski definition) is 0. The van der Waals surface area contributed by atoms with Crippen LogP contribution in [0.15, 0.2) is 77.7 Å². The number of sulfonamides is 1. The van der Waals surface area contributed by atoms with Crippen LogP contribution in [0.3, 0.4) is 0 Å². The van der Waals surface area contributed by atoms with Gasteiger partial charge in [-0.15, -0.1) is 0 Å². The van der Waals surface area contributed by atoms with Gasteiger partial charge in [0, 0.05) is 12.1 Å². The van der Waals surface area contributed by atoms with Gasteiger partial charge in [0.05, 0.1) is 16.1 Å². The van der Waals surface area contributed by atoms with E-state index in [1.165, 1.54) is 23.4 Å². The fourth-order valence-electron chi connectivity index (χ4n) is 3.63. The lowest BCUT2D eigenvalue weighted by atomic mass is 10.0. The highest BCUT2D eigenvalue weighted by Crippen LogP contribution is 2.26. The van der Waals surface area contributed by atoms with E-state index in [0.29, 0.717) is 16.8 Å². The summed E-state index contributed by atoms with van der Waals surface area (Å²) in [7, 11) is -3.93. The molecule has 0 aliphatic carbocycles. The molecular formula is C27H29NO5S. The molecule has 0 aliphatic rings. The Kier molecular flexibility index (Phi) is 7.89. The molecular weight excluding hydrogens is 450 g/mol. The van der Waals surface area contributed by atoms with Gasteiger partial charge in [0.15, 0.2) is 6.10 Å². The van der Waals surface area contributed by atoms with Gasteiger partial charge < -0.3 is 4.74 Å². The van der Waals surface area contributed by atoms with E-state index in [1.807, 2.05) is 25.1 Å². The van der Waals surface area contributed by atoms with Crippen molar-refractivity contribution in [2.24, 2.45) is 0 Å². The maximum absolute atomic E-state index is 13.4. The molecule has 0 saturated carbocycles. The van der Waals surface area contributed by atoms with Crippen LogP contribution in [-0.2, 0) is 21.2 Å². The fraction of sp³-hybridized carbons (Fsp3) is 0.259. The predicted molar refractivity (Wildman–Crippen MR) is 133 cm³/mol. The third kappa shape index (κ3) is 5.37. The summed E-state index contributed by atoms with van der Waals surface area (Å²) in [5.74, 6) is -1.08. The molecule has 1 atom stereocenters. The minimum Gasteiger partial charge on any atom is -0.451 e. The fourth-order valence-corrected chi connectivity index (χ4v) is 5.36. The summed E-state index contributed by atoms with van der Waals surface area (Å²) in [5, 5.41) is 0. The number of aryl methyl sites for hydroxylation is 2. The molecule has 0 heterocycles. The van der Waals surface area contributed by atoms with Crippen molar-refractivity contribution in [1.29, 1.82) is 0 Å². The van der Waals surface area contributed by atoms with Gasteiger partial charge in [-0.25, -0.2) is 13.2 Å². The highest BCUT2D eigenvalue weighted by atomic mass is 32.2. The minimum atomic E-state index is -3.93. The summed E-state index contributed by atoms with van der Waals surface area (Å²) in [6.45, 7) is 7.18. The van der Waals surface area contributed by atoms with Gasteiger partial charge in [-0.2, -0.15) is 0 Å². The molecule has 0 amide bonds. The van der Waals surface area contributed by atoms with E-state index in [4.69, 9.17) is 4.74 Å². The normalized spacial score (nSPS) is 12.1. The molecule has 0 bridgehead atoms. The Labute approximate surface area is 201 Å². The van der Waals surface area contributed by atoms with Crippen molar-refractivity contribution in [3.8, 4) is 0 Å². The van der Waals surface area contributed by atoms with Gasteiger partial charge in [0.2, 0.25) is 5.78 Å². The van der Waals surface area contributed by atoms with Crippen LogP contribution >= 0.6 is 0 Å². The quantitative estimate of drug-likeness (QED) is 0.311. The van der Waals surface area contributed by atoms with Crippen LogP contribution < -0.4 is 4.31 Å². The second-order valence-electron chi connectivity index (χ2n) is 7.95. The third-order valence-electron chi connectivity index (χ3n) is 5.62. The number of carbonyl (C=O) groups is 2. The van der Waals surface area contributed by atoms with Crippen LogP contribution in [0.25, 0.3) is 0 Å². The van der Waals surface area contributed by atoms with Crippen LogP contribution in [0, 0.1) is 6.92 Å². The number of hydrogen-bond acceptors (Lipinski definition) is 5. The molecule has 0 saturated heterocycles. The highest BCUT2D eigenvalue weighted by molar-refractivity contribution is 7.92. The first kappa shape index (κ1) is 25.2. The van der Waals surface area contributed by atoms with E-state index in [2.05, 4.69) is 0 Å². The van der Waals surface area contributed by atoms with Crippen LogP contribution in [-0.4, -0.2) is 32.8 Å². The molecule has 1 unspecified atom stereocenters. The Morgan fingerprint density at radius 3 is 2.12 bits per heavy atom. The average molecular weight is 480 g/mol. The Morgan fingerprint density at radius 2 is 1.53 bits per heavy atom. The summed E-state index contributed by atoms with van der Waals surface area (Å²) in [5.41, 5.74) is 2.66.